The lowest BCUT2D eigenvalue weighted by Crippen LogP contribution is -2.43. The van der Waals surface area contributed by atoms with Gasteiger partial charge in [-0.05, 0) is 74.1 Å². The minimum Gasteiger partial charge on any atom is -0.356 e. The number of hydrogen-bond donors (Lipinski definition) is 2. The molecule has 0 atom stereocenters. The Labute approximate surface area is 208 Å². The van der Waals surface area contributed by atoms with Crippen molar-refractivity contribution in [3.63, 3.8) is 0 Å². The number of carbonyl (C=O) groups is 2. The molecule has 4 rings (SSSR count). The third kappa shape index (κ3) is 5.73. The average Bonchev–Trinajstić information content (AvgIpc) is 3.33. The maximum absolute atomic E-state index is 13.4. The number of aryl methyl sites for hydroxylation is 1. The summed E-state index contributed by atoms with van der Waals surface area (Å²) in [6.45, 7) is 4.78. The van der Waals surface area contributed by atoms with Crippen LogP contribution >= 0.6 is 11.3 Å². The maximum atomic E-state index is 13.4. The van der Waals surface area contributed by atoms with Gasteiger partial charge in [0, 0.05) is 24.7 Å². The first kappa shape index (κ1) is 24.9. The molecule has 2 aromatic heterocycles. The number of hydrogen-bond acceptors (Lipinski definition) is 5. The minimum absolute atomic E-state index is 0.00345. The van der Waals surface area contributed by atoms with Crippen LogP contribution in [0.4, 0.5) is 5.69 Å². The SMILES string of the molecule is CCCNC(=O)C1CCC(Cn2c(=O)c3sccc3n(CC(=O)Nc3cccc(C)c3)c2=O)CC1. The minimum atomic E-state index is -0.469. The van der Waals surface area contributed by atoms with Gasteiger partial charge in [0.1, 0.15) is 11.2 Å². The van der Waals surface area contributed by atoms with Crippen LogP contribution < -0.4 is 21.9 Å². The first-order chi connectivity index (χ1) is 16.9. The standard InChI is InChI=1S/C26H32N4O4S/c1-3-12-27-24(32)19-9-7-18(8-10-19)15-30-25(33)23-21(11-13-35-23)29(26(30)34)16-22(31)28-20-6-4-5-17(2)14-20/h4-6,11,13-14,18-19H,3,7-10,12,15-16H2,1-2H3,(H,27,32)(H,28,31). The predicted molar refractivity (Wildman–Crippen MR) is 139 cm³/mol. The molecule has 3 aromatic rings. The Morgan fingerprint density at radius 2 is 1.86 bits per heavy atom. The molecule has 2 heterocycles. The van der Waals surface area contributed by atoms with Crippen LogP contribution in [0.25, 0.3) is 10.2 Å². The molecule has 0 aliphatic heterocycles. The van der Waals surface area contributed by atoms with E-state index in [0.717, 1.165) is 37.7 Å². The Balaban J connectivity index is 1.52. The highest BCUT2D eigenvalue weighted by Gasteiger charge is 2.27. The van der Waals surface area contributed by atoms with Gasteiger partial charge >= 0.3 is 5.69 Å². The summed E-state index contributed by atoms with van der Waals surface area (Å²) in [6, 6.07) is 9.17. The van der Waals surface area contributed by atoms with Gasteiger partial charge in [-0.3, -0.25) is 23.5 Å². The lowest BCUT2D eigenvalue weighted by molar-refractivity contribution is -0.126. The number of rotatable bonds is 8. The number of aromatic nitrogens is 2. The van der Waals surface area contributed by atoms with E-state index in [4.69, 9.17) is 0 Å². The lowest BCUT2D eigenvalue weighted by atomic mass is 9.81. The Morgan fingerprint density at radius 1 is 1.09 bits per heavy atom. The van der Waals surface area contributed by atoms with Gasteiger partial charge in [0.05, 0.1) is 5.52 Å². The van der Waals surface area contributed by atoms with E-state index < -0.39 is 5.69 Å². The molecule has 2 N–H and O–H groups in total. The van der Waals surface area contributed by atoms with Gasteiger partial charge in [-0.1, -0.05) is 19.1 Å². The van der Waals surface area contributed by atoms with E-state index in [0.29, 0.717) is 29.0 Å². The number of carbonyl (C=O) groups excluding carboxylic acids is 2. The molecule has 0 radical (unpaired) electrons. The van der Waals surface area contributed by atoms with Crippen molar-refractivity contribution < 1.29 is 9.59 Å². The topological polar surface area (TPSA) is 102 Å². The fraction of sp³-hybridized carbons (Fsp3) is 0.462. The van der Waals surface area contributed by atoms with Crippen LogP contribution in [0.2, 0.25) is 0 Å². The fourth-order valence-electron chi connectivity index (χ4n) is 4.77. The highest BCUT2D eigenvalue weighted by atomic mass is 32.1. The first-order valence-electron chi connectivity index (χ1n) is 12.2. The molecule has 8 nitrogen and oxygen atoms in total. The van der Waals surface area contributed by atoms with Crippen molar-refractivity contribution in [3.05, 3.63) is 62.1 Å². The second kappa shape index (κ2) is 11.0. The van der Waals surface area contributed by atoms with Crippen molar-refractivity contribution in [1.82, 2.24) is 14.5 Å². The van der Waals surface area contributed by atoms with Crippen molar-refractivity contribution in [1.29, 1.82) is 0 Å². The molecular weight excluding hydrogens is 464 g/mol. The van der Waals surface area contributed by atoms with Gasteiger partial charge < -0.3 is 10.6 Å². The largest absolute Gasteiger partial charge is 0.356 e. The molecule has 2 amide bonds. The number of amides is 2. The fourth-order valence-corrected chi connectivity index (χ4v) is 5.61. The quantitative estimate of drug-likeness (QED) is 0.498. The van der Waals surface area contributed by atoms with E-state index in [1.165, 1.54) is 20.5 Å². The molecule has 0 spiro atoms. The van der Waals surface area contributed by atoms with Crippen molar-refractivity contribution in [2.75, 3.05) is 11.9 Å². The zero-order valence-corrected chi connectivity index (χ0v) is 21.0. The summed E-state index contributed by atoms with van der Waals surface area (Å²) in [7, 11) is 0. The van der Waals surface area contributed by atoms with E-state index in [-0.39, 0.29) is 35.8 Å². The van der Waals surface area contributed by atoms with Gasteiger partial charge in [0.2, 0.25) is 11.8 Å². The number of nitrogens with one attached hydrogen (secondary N) is 2. The molecule has 186 valence electrons. The first-order valence-corrected chi connectivity index (χ1v) is 13.1. The monoisotopic (exact) mass is 496 g/mol. The van der Waals surface area contributed by atoms with Crippen molar-refractivity contribution in [3.8, 4) is 0 Å². The maximum Gasteiger partial charge on any atom is 0.332 e. The predicted octanol–water partition coefficient (Wildman–Crippen LogP) is 3.50. The lowest BCUT2D eigenvalue weighted by Gasteiger charge is -2.28. The summed E-state index contributed by atoms with van der Waals surface area (Å²) in [5, 5.41) is 7.57. The zero-order chi connectivity index (χ0) is 24.9. The molecular formula is C26H32N4O4S. The molecule has 1 aromatic carbocycles. The van der Waals surface area contributed by atoms with E-state index >= 15 is 0 Å². The number of benzene rings is 1. The summed E-state index contributed by atoms with van der Waals surface area (Å²) >= 11 is 1.28. The normalized spacial score (nSPS) is 17.9. The smallest absolute Gasteiger partial charge is 0.332 e. The van der Waals surface area contributed by atoms with E-state index in [2.05, 4.69) is 10.6 Å². The number of fused-ring (bicyclic) bond motifs is 1. The van der Waals surface area contributed by atoms with Gasteiger partial charge in [0.15, 0.2) is 0 Å². The second-order valence-corrected chi connectivity index (χ2v) is 10.3. The molecule has 1 saturated carbocycles. The Hall–Kier alpha value is -3.20. The van der Waals surface area contributed by atoms with Crippen LogP contribution in [0.1, 0.15) is 44.6 Å². The van der Waals surface area contributed by atoms with Crippen molar-refractivity contribution in [2.24, 2.45) is 11.8 Å². The van der Waals surface area contributed by atoms with Crippen LogP contribution in [0.5, 0.6) is 0 Å². The molecule has 1 aliphatic carbocycles. The molecule has 0 bridgehead atoms. The van der Waals surface area contributed by atoms with Crippen LogP contribution in [0.15, 0.2) is 45.3 Å². The highest BCUT2D eigenvalue weighted by Crippen LogP contribution is 2.29. The number of nitrogens with zero attached hydrogens (tertiary/aromatic N) is 2. The molecule has 0 unspecified atom stereocenters. The molecule has 1 aliphatic rings. The molecule has 9 heteroatoms. The van der Waals surface area contributed by atoms with Crippen LogP contribution in [-0.2, 0) is 22.7 Å². The van der Waals surface area contributed by atoms with Crippen LogP contribution in [-0.4, -0.2) is 27.5 Å². The zero-order valence-electron chi connectivity index (χ0n) is 20.2. The number of thiophene rings is 1. The second-order valence-electron chi connectivity index (χ2n) is 9.35. The number of anilines is 1. The summed E-state index contributed by atoms with van der Waals surface area (Å²) in [5.74, 6) is -0.0858. The van der Waals surface area contributed by atoms with Gasteiger partial charge in [-0.25, -0.2) is 4.79 Å². The van der Waals surface area contributed by atoms with E-state index in [9.17, 15) is 19.2 Å². The van der Waals surface area contributed by atoms with Crippen molar-refractivity contribution >= 4 is 39.1 Å². The summed E-state index contributed by atoms with van der Waals surface area (Å²) in [6.07, 6.45) is 3.98. The van der Waals surface area contributed by atoms with Gasteiger partial charge in [0.25, 0.3) is 5.56 Å². The molecule has 1 fully saturated rings. The Bertz CT molecular complexity index is 1330. The molecule has 0 saturated heterocycles. The van der Waals surface area contributed by atoms with Crippen molar-refractivity contribution in [2.45, 2.75) is 59.0 Å². The Kier molecular flexibility index (Phi) is 7.85. The van der Waals surface area contributed by atoms with E-state index in [1.807, 2.05) is 32.0 Å². The van der Waals surface area contributed by atoms with Crippen LogP contribution in [0, 0.1) is 18.8 Å². The third-order valence-electron chi connectivity index (χ3n) is 6.65. The summed E-state index contributed by atoms with van der Waals surface area (Å²) < 4.78 is 3.14. The van der Waals surface area contributed by atoms with E-state index in [1.54, 1.807) is 17.5 Å². The van der Waals surface area contributed by atoms with Gasteiger partial charge in [-0.2, -0.15) is 0 Å². The molecule has 35 heavy (non-hydrogen) atoms. The third-order valence-corrected chi connectivity index (χ3v) is 7.54. The summed E-state index contributed by atoms with van der Waals surface area (Å²) in [5.41, 5.74) is 1.39. The highest BCUT2D eigenvalue weighted by molar-refractivity contribution is 7.17. The average molecular weight is 497 g/mol. The Morgan fingerprint density at radius 3 is 2.57 bits per heavy atom. The van der Waals surface area contributed by atoms with Crippen LogP contribution in [0.3, 0.4) is 0 Å². The van der Waals surface area contributed by atoms with Gasteiger partial charge in [-0.15, -0.1) is 11.3 Å². The summed E-state index contributed by atoms with van der Waals surface area (Å²) in [4.78, 5) is 51.6.